The normalized spacial score (nSPS) is 15.9. The average Bonchev–Trinajstić information content (AvgIpc) is 3.05. The average molecular weight is 785 g/mol. The zero-order valence-corrected chi connectivity index (χ0v) is 38.0. The summed E-state index contributed by atoms with van der Waals surface area (Å²) in [5.41, 5.74) is 0.887. The molecule has 3 N–H and O–H groups in total. The predicted octanol–water partition coefficient (Wildman–Crippen LogP) is 10.6. The van der Waals surface area contributed by atoms with Gasteiger partial charge in [-0.25, -0.2) is 4.79 Å². The van der Waals surface area contributed by atoms with Crippen LogP contribution in [0.25, 0.3) is 6.08 Å². The fourth-order valence-corrected chi connectivity index (χ4v) is 8.02. The van der Waals surface area contributed by atoms with Gasteiger partial charge in [-0.05, 0) is 112 Å². The van der Waals surface area contributed by atoms with Gasteiger partial charge < -0.3 is 34.1 Å². The van der Waals surface area contributed by atoms with Crippen LogP contribution in [-0.2, 0) is 18.4 Å². The molecular weight excluding hydrogens is 713 g/mol. The molecule has 5 atom stereocenters. The number of alkyl carbamates (subject to hydrolysis) is 1. The summed E-state index contributed by atoms with van der Waals surface area (Å²) in [4.78, 5) is 28.0. The molecule has 0 fully saturated rings. The Kier molecular flexibility index (Phi) is 17.3. The van der Waals surface area contributed by atoms with Crippen LogP contribution in [0.2, 0.25) is 36.3 Å². The molecule has 11 heteroatoms. The minimum absolute atomic E-state index is 0.117. The number of nitrogens with one attached hydrogen (secondary N) is 2. The molecule has 0 bridgehead atoms. The van der Waals surface area contributed by atoms with Crippen LogP contribution in [0.1, 0.15) is 100 Å². The Morgan fingerprint density at radius 2 is 1.37 bits per heavy atom. The fourth-order valence-electron chi connectivity index (χ4n) is 5.37. The number of hydrogen-bond acceptors (Lipinski definition) is 7. The molecular formula is C43H72N2O7Si2. The number of carbonyl (C=O) groups excluding carboxylic acids is 2. The first kappa shape index (κ1) is 47.2. The minimum Gasteiger partial charge on any atom is -0.497 e. The molecule has 0 aromatic heterocycles. The van der Waals surface area contributed by atoms with E-state index in [2.05, 4.69) is 97.4 Å². The van der Waals surface area contributed by atoms with Gasteiger partial charge in [0.25, 0.3) is 5.91 Å². The van der Waals surface area contributed by atoms with Gasteiger partial charge in [0.2, 0.25) is 0 Å². The molecule has 2 rings (SSSR count). The SMILES string of the molecule is COc1ccc(/C=C/CCCC[C@H](C)[C@H](O[Si](C)(C)C(C)(C)C)[C@@H](O)[C@@H](NC(=O)OC(C)(C)C)[C@H](O[Si](C)(C)C(C)(C)C)C(=O)Nc2ccccc2)cc1. The first-order chi connectivity index (χ1) is 24.8. The number of methoxy groups -OCH3 is 1. The molecule has 2 amide bonds. The van der Waals surface area contributed by atoms with E-state index >= 15 is 0 Å². The number of benzene rings is 2. The Morgan fingerprint density at radius 1 is 0.815 bits per heavy atom. The maximum Gasteiger partial charge on any atom is 0.408 e. The largest absolute Gasteiger partial charge is 0.497 e. The lowest BCUT2D eigenvalue weighted by molar-refractivity contribution is -0.128. The number of allylic oxidation sites excluding steroid dienone is 1. The summed E-state index contributed by atoms with van der Waals surface area (Å²) in [5, 5.41) is 18.2. The lowest BCUT2D eigenvalue weighted by Gasteiger charge is -2.46. The molecule has 54 heavy (non-hydrogen) atoms. The third-order valence-electron chi connectivity index (χ3n) is 10.7. The Balaban J connectivity index is 2.54. The van der Waals surface area contributed by atoms with Crippen molar-refractivity contribution in [2.45, 2.75) is 161 Å². The highest BCUT2D eigenvalue weighted by atomic mass is 28.4. The lowest BCUT2D eigenvalue weighted by atomic mass is 9.88. The Hall–Kier alpha value is -2.97. The van der Waals surface area contributed by atoms with E-state index in [-0.39, 0.29) is 16.0 Å². The van der Waals surface area contributed by atoms with Crippen molar-refractivity contribution in [2.24, 2.45) is 5.92 Å². The minimum atomic E-state index is -2.67. The number of anilines is 1. The number of unbranched alkanes of at least 4 members (excludes halogenated alkanes) is 2. The van der Waals surface area contributed by atoms with Gasteiger partial charge in [0.1, 0.15) is 23.6 Å². The zero-order chi connectivity index (χ0) is 41.1. The first-order valence-corrected chi connectivity index (χ1v) is 25.3. The number of ether oxygens (including phenoxy) is 2. The number of aliphatic hydroxyl groups is 1. The molecule has 0 aliphatic heterocycles. The quantitative estimate of drug-likeness (QED) is 0.102. The van der Waals surface area contributed by atoms with E-state index in [1.54, 1.807) is 40.0 Å². The summed E-state index contributed by atoms with van der Waals surface area (Å²) in [6.45, 7) is 28.6. The molecule has 0 saturated heterocycles. The van der Waals surface area contributed by atoms with Gasteiger partial charge in [0, 0.05) is 5.69 Å². The molecule has 0 unspecified atom stereocenters. The number of para-hydroxylation sites is 1. The summed E-state index contributed by atoms with van der Waals surface area (Å²) in [7, 11) is -3.48. The van der Waals surface area contributed by atoms with E-state index in [0.717, 1.165) is 37.0 Å². The van der Waals surface area contributed by atoms with Crippen LogP contribution in [0.3, 0.4) is 0 Å². The van der Waals surface area contributed by atoms with E-state index in [1.807, 2.05) is 42.5 Å². The Morgan fingerprint density at radius 3 is 1.89 bits per heavy atom. The lowest BCUT2D eigenvalue weighted by Crippen LogP contribution is -2.64. The molecule has 0 aliphatic carbocycles. The molecule has 0 saturated carbocycles. The van der Waals surface area contributed by atoms with E-state index in [9.17, 15) is 14.7 Å². The third kappa shape index (κ3) is 14.9. The molecule has 0 spiro atoms. The van der Waals surface area contributed by atoms with Gasteiger partial charge in [-0.1, -0.05) is 97.4 Å². The maximum atomic E-state index is 14.4. The van der Waals surface area contributed by atoms with Gasteiger partial charge in [-0.15, -0.1) is 0 Å². The van der Waals surface area contributed by atoms with Crippen molar-refractivity contribution in [3.05, 3.63) is 66.2 Å². The van der Waals surface area contributed by atoms with Gasteiger partial charge in [-0.3, -0.25) is 4.79 Å². The van der Waals surface area contributed by atoms with E-state index in [0.29, 0.717) is 5.69 Å². The number of rotatable bonds is 18. The fraction of sp³-hybridized carbons (Fsp3) is 0.628. The second kappa shape index (κ2) is 19.8. The summed E-state index contributed by atoms with van der Waals surface area (Å²) in [5.74, 6) is 0.248. The highest BCUT2D eigenvalue weighted by Gasteiger charge is 2.49. The number of amides is 2. The summed E-state index contributed by atoms with van der Waals surface area (Å²) < 4.78 is 25.0. The Labute approximate surface area is 329 Å². The van der Waals surface area contributed by atoms with E-state index in [4.69, 9.17) is 18.3 Å². The second-order valence-corrected chi connectivity index (χ2v) is 28.1. The van der Waals surface area contributed by atoms with Gasteiger partial charge in [-0.2, -0.15) is 0 Å². The monoisotopic (exact) mass is 784 g/mol. The Bertz CT molecular complexity index is 1480. The zero-order valence-electron chi connectivity index (χ0n) is 36.0. The molecule has 0 radical (unpaired) electrons. The van der Waals surface area contributed by atoms with Crippen LogP contribution in [0, 0.1) is 5.92 Å². The number of aliphatic hydroxyl groups excluding tert-OH is 1. The first-order valence-electron chi connectivity index (χ1n) is 19.5. The number of carbonyl (C=O) groups is 2. The van der Waals surface area contributed by atoms with Gasteiger partial charge in [0.05, 0.1) is 19.3 Å². The van der Waals surface area contributed by atoms with Gasteiger partial charge in [0.15, 0.2) is 16.6 Å². The van der Waals surface area contributed by atoms with Crippen LogP contribution < -0.4 is 15.4 Å². The van der Waals surface area contributed by atoms with Crippen LogP contribution >= 0.6 is 0 Å². The number of hydrogen-bond donors (Lipinski definition) is 3. The van der Waals surface area contributed by atoms with Crippen molar-refractivity contribution in [3.63, 3.8) is 0 Å². The summed E-state index contributed by atoms with van der Waals surface area (Å²) in [6.07, 6.45) is 3.81. The van der Waals surface area contributed by atoms with E-state index < -0.39 is 58.6 Å². The van der Waals surface area contributed by atoms with Crippen molar-refractivity contribution in [1.82, 2.24) is 5.32 Å². The van der Waals surface area contributed by atoms with Crippen molar-refractivity contribution in [1.29, 1.82) is 0 Å². The molecule has 9 nitrogen and oxygen atoms in total. The highest BCUT2D eigenvalue weighted by molar-refractivity contribution is 6.74. The van der Waals surface area contributed by atoms with Crippen molar-refractivity contribution in [2.75, 3.05) is 12.4 Å². The molecule has 0 aliphatic rings. The van der Waals surface area contributed by atoms with E-state index in [1.165, 1.54) is 0 Å². The molecule has 0 heterocycles. The molecule has 2 aromatic carbocycles. The van der Waals surface area contributed by atoms with Crippen LogP contribution in [0.5, 0.6) is 5.75 Å². The van der Waals surface area contributed by atoms with Crippen LogP contribution in [0.4, 0.5) is 10.5 Å². The topological polar surface area (TPSA) is 115 Å². The summed E-state index contributed by atoms with van der Waals surface area (Å²) in [6, 6.07) is 15.9. The molecule has 2 aromatic rings. The van der Waals surface area contributed by atoms with Crippen molar-refractivity contribution >= 4 is 40.4 Å². The maximum absolute atomic E-state index is 14.4. The van der Waals surface area contributed by atoms with Crippen LogP contribution in [-0.4, -0.2) is 70.8 Å². The van der Waals surface area contributed by atoms with Crippen molar-refractivity contribution < 1.29 is 33.0 Å². The highest BCUT2D eigenvalue weighted by Crippen LogP contribution is 2.41. The second-order valence-electron chi connectivity index (χ2n) is 18.6. The predicted molar refractivity (Wildman–Crippen MR) is 228 cm³/mol. The molecule has 304 valence electrons. The van der Waals surface area contributed by atoms with Crippen molar-refractivity contribution in [3.8, 4) is 5.75 Å². The standard InChI is InChI=1S/C43H72N2O7Si2/c1-31(23-19-16-17-20-24-32-27-29-34(49-11)30-28-32)37(51-53(12,13)42(5,6)7)36(46)35(45-40(48)50-41(2,3)4)38(52-54(14,15)43(8,9)10)39(47)44-33-25-21-18-22-26-33/h18,20-22,24-31,35-38,46H,16-17,19,23H2,1-15H3,(H,44,47)(H,45,48)/b24-20+/t31-,35+,36-,37-,38-/m0/s1. The van der Waals surface area contributed by atoms with Gasteiger partial charge >= 0.3 is 6.09 Å². The van der Waals surface area contributed by atoms with Crippen LogP contribution in [0.15, 0.2) is 60.7 Å². The summed E-state index contributed by atoms with van der Waals surface area (Å²) >= 11 is 0. The third-order valence-corrected chi connectivity index (χ3v) is 19.7. The smallest absolute Gasteiger partial charge is 0.408 e.